The van der Waals surface area contributed by atoms with Crippen molar-refractivity contribution in [2.75, 3.05) is 44.4 Å². The number of alkyl halides is 1. The van der Waals surface area contributed by atoms with Crippen LogP contribution in [0.5, 0.6) is 0 Å². The maximum atomic E-state index is 12.7. The molecule has 7 rings (SSSR count). The zero-order chi connectivity index (χ0) is 31.7. The summed E-state index contributed by atoms with van der Waals surface area (Å²) in [5, 5.41) is 17.1. The molecule has 0 bridgehead atoms. The number of rotatable bonds is 11. The van der Waals surface area contributed by atoms with E-state index in [0.717, 1.165) is 65.0 Å². The Morgan fingerprint density at radius 1 is 1.13 bits per heavy atom. The summed E-state index contributed by atoms with van der Waals surface area (Å²) in [6.45, 7) is 2.99. The molecule has 2 saturated carbocycles. The summed E-state index contributed by atoms with van der Waals surface area (Å²) in [5.74, 6) is 0.327. The van der Waals surface area contributed by atoms with E-state index >= 15 is 0 Å². The Hall–Kier alpha value is -3.44. The van der Waals surface area contributed by atoms with Crippen LogP contribution in [-0.4, -0.2) is 89.4 Å². The van der Waals surface area contributed by atoms with Crippen LogP contribution in [0.3, 0.4) is 0 Å². The van der Waals surface area contributed by atoms with Gasteiger partial charge in [0.25, 0.3) is 10.0 Å². The van der Waals surface area contributed by atoms with E-state index in [1.165, 1.54) is 12.4 Å². The predicted octanol–water partition coefficient (Wildman–Crippen LogP) is 2.07. The van der Waals surface area contributed by atoms with Gasteiger partial charge >= 0.3 is 0 Å². The second-order valence-electron chi connectivity index (χ2n) is 12.2. The minimum Gasteiger partial charge on any atom is -0.382 e. The van der Waals surface area contributed by atoms with Crippen molar-refractivity contribution in [2.45, 2.75) is 61.5 Å². The van der Waals surface area contributed by atoms with Crippen molar-refractivity contribution in [3.63, 3.8) is 0 Å². The van der Waals surface area contributed by atoms with Crippen molar-refractivity contribution >= 4 is 32.1 Å². The lowest BCUT2D eigenvalue weighted by atomic mass is 9.89. The molecule has 5 heterocycles. The third-order valence-electron chi connectivity index (χ3n) is 8.89. The number of nitrogens with two attached hydrogens (primary N) is 1. The lowest BCUT2D eigenvalue weighted by Crippen LogP contribution is -2.50. The van der Waals surface area contributed by atoms with E-state index in [1.54, 1.807) is 23.6 Å². The fourth-order valence-electron chi connectivity index (χ4n) is 6.11. The van der Waals surface area contributed by atoms with Gasteiger partial charge in [-0.25, -0.2) is 27.8 Å². The Morgan fingerprint density at radius 2 is 1.91 bits per heavy atom. The number of dihydropyridines is 1. The van der Waals surface area contributed by atoms with E-state index in [9.17, 15) is 12.8 Å². The topological polar surface area (TPSA) is 165 Å². The molecule has 0 amide bonds. The lowest BCUT2D eigenvalue weighted by molar-refractivity contribution is 0.122. The van der Waals surface area contributed by atoms with Crippen LogP contribution in [0.4, 0.5) is 9.52 Å². The molecule has 3 fully saturated rings. The average Bonchev–Trinajstić information content (AvgIpc) is 3.63. The summed E-state index contributed by atoms with van der Waals surface area (Å²) in [5.41, 5.74) is 9.41. The van der Waals surface area contributed by atoms with E-state index in [-0.39, 0.29) is 18.0 Å². The number of hydrogen-bond donors (Lipinski definition) is 4. The number of aromatic nitrogens is 5. The maximum absolute atomic E-state index is 12.7. The zero-order valence-electron chi connectivity index (χ0n) is 25.4. The molecule has 0 aromatic carbocycles. The van der Waals surface area contributed by atoms with Crippen LogP contribution in [0, 0.1) is 0 Å². The molecule has 3 aromatic heterocycles. The Kier molecular flexibility index (Phi) is 8.80. The van der Waals surface area contributed by atoms with E-state index in [2.05, 4.69) is 36.3 Å². The molecule has 1 atom stereocenters. The molecule has 0 spiro atoms. The summed E-state index contributed by atoms with van der Waals surface area (Å²) in [6.07, 6.45) is 13.4. The highest BCUT2D eigenvalue weighted by molar-refractivity contribution is 7.90. The fraction of sp³-hybridized carbons (Fsp3) is 0.533. The summed E-state index contributed by atoms with van der Waals surface area (Å²) < 4.78 is 44.6. The van der Waals surface area contributed by atoms with Crippen molar-refractivity contribution < 1.29 is 17.5 Å². The standard InChI is InChI=1S/C30H39FN10O3S2/c31-8-10-33-21-1-3-22(4-2-21)37-25-15-30(32,35-17-24(25)26-19-45-29(38-26)40-11-13-44-14-12-40)27-7-9-34-28(39-27)20-16-36-41(18-20)46(42,43)23-5-6-23/h7,9,15-19,21-23,33,35,37H,1-6,8,10-14,32H2. The van der Waals surface area contributed by atoms with Gasteiger partial charge < -0.3 is 31.3 Å². The highest BCUT2D eigenvalue weighted by Crippen LogP contribution is 2.35. The highest BCUT2D eigenvalue weighted by Gasteiger charge is 2.38. The minimum absolute atomic E-state index is 0.206. The van der Waals surface area contributed by atoms with Crippen molar-refractivity contribution in [3.05, 3.63) is 59.4 Å². The maximum Gasteiger partial charge on any atom is 0.256 e. The average molecular weight is 671 g/mol. The molecular weight excluding hydrogens is 632 g/mol. The van der Waals surface area contributed by atoms with Crippen molar-refractivity contribution in [1.29, 1.82) is 0 Å². The van der Waals surface area contributed by atoms with Crippen LogP contribution in [0.25, 0.3) is 17.0 Å². The monoisotopic (exact) mass is 670 g/mol. The van der Waals surface area contributed by atoms with Gasteiger partial charge in [0.1, 0.15) is 6.67 Å². The number of hydrogen-bond acceptors (Lipinski definition) is 13. The van der Waals surface area contributed by atoms with Gasteiger partial charge in [0, 0.05) is 60.8 Å². The molecule has 13 nitrogen and oxygen atoms in total. The number of ether oxygens (including phenoxy) is 1. The van der Waals surface area contributed by atoms with Gasteiger partial charge in [-0.1, -0.05) is 0 Å². The molecule has 2 aliphatic heterocycles. The number of halogens is 1. The number of allylic oxidation sites excluding steroid dienone is 1. The second kappa shape index (κ2) is 13.0. The first-order valence-corrected chi connectivity index (χ1v) is 18.2. The Morgan fingerprint density at radius 3 is 2.67 bits per heavy atom. The molecule has 5 N–H and O–H groups in total. The normalized spacial score (nSPS) is 25.5. The third kappa shape index (κ3) is 6.53. The number of nitrogens with zero attached hydrogens (tertiary/aromatic N) is 6. The predicted molar refractivity (Wildman–Crippen MR) is 174 cm³/mol. The zero-order valence-corrected chi connectivity index (χ0v) is 27.1. The summed E-state index contributed by atoms with van der Waals surface area (Å²) in [7, 11) is -3.51. The number of thiazole rings is 1. The van der Waals surface area contributed by atoms with Crippen LogP contribution < -0.4 is 26.6 Å². The molecule has 46 heavy (non-hydrogen) atoms. The largest absolute Gasteiger partial charge is 0.382 e. The van der Waals surface area contributed by atoms with Gasteiger partial charge in [0.15, 0.2) is 16.6 Å². The molecule has 2 aliphatic carbocycles. The first-order valence-electron chi connectivity index (χ1n) is 15.8. The Labute approximate surface area is 271 Å². The fourth-order valence-corrected chi connectivity index (χ4v) is 8.47. The van der Waals surface area contributed by atoms with Gasteiger partial charge in [-0.05, 0) is 50.7 Å². The number of morpholine rings is 1. The molecule has 246 valence electrons. The first kappa shape index (κ1) is 31.2. The molecule has 1 saturated heterocycles. The van der Waals surface area contributed by atoms with E-state index in [1.807, 2.05) is 12.3 Å². The van der Waals surface area contributed by atoms with Crippen molar-refractivity contribution in [2.24, 2.45) is 5.73 Å². The van der Waals surface area contributed by atoms with E-state index in [0.29, 0.717) is 55.7 Å². The quantitative estimate of drug-likeness (QED) is 0.235. The Bertz CT molecular complexity index is 1710. The van der Waals surface area contributed by atoms with Gasteiger partial charge in [0.2, 0.25) is 0 Å². The SMILES string of the molecule is NC1(c2ccnc(-c3cnn(S(=O)(=O)C4CC4)c3)n2)C=C(NC2CCC(NCCF)CC2)C(c2csc(N3CCOCC3)n2)=CN1. The van der Waals surface area contributed by atoms with E-state index < -0.39 is 15.7 Å². The summed E-state index contributed by atoms with van der Waals surface area (Å²) in [4.78, 5) is 16.4. The molecule has 3 aromatic rings. The first-order chi connectivity index (χ1) is 22.3. The summed E-state index contributed by atoms with van der Waals surface area (Å²) in [6, 6.07) is 2.27. The van der Waals surface area contributed by atoms with Crippen LogP contribution in [0.15, 0.2) is 48.0 Å². The van der Waals surface area contributed by atoms with Gasteiger partial charge in [-0.2, -0.15) is 9.19 Å². The molecule has 1 unspecified atom stereocenters. The molecule has 4 aliphatic rings. The number of nitrogens with one attached hydrogen (secondary N) is 3. The van der Waals surface area contributed by atoms with Crippen molar-refractivity contribution in [1.82, 2.24) is 40.1 Å². The highest BCUT2D eigenvalue weighted by atomic mass is 32.2. The Balaban J connectivity index is 1.16. The van der Waals surface area contributed by atoms with Crippen LogP contribution >= 0.6 is 11.3 Å². The number of anilines is 1. The van der Waals surface area contributed by atoms with Crippen molar-refractivity contribution in [3.8, 4) is 11.4 Å². The molecular formula is C30H39FN10O3S2. The van der Waals surface area contributed by atoms with E-state index in [4.69, 9.17) is 20.4 Å². The molecule has 16 heteroatoms. The van der Waals surface area contributed by atoms with Crippen LogP contribution in [0.2, 0.25) is 0 Å². The minimum atomic E-state index is -3.51. The second-order valence-corrected chi connectivity index (χ2v) is 15.1. The summed E-state index contributed by atoms with van der Waals surface area (Å²) >= 11 is 1.60. The van der Waals surface area contributed by atoms with Gasteiger partial charge in [0.05, 0.1) is 47.8 Å². The lowest BCUT2D eigenvalue weighted by Gasteiger charge is -2.35. The molecule has 0 radical (unpaired) electrons. The van der Waals surface area contributed by atoms with Gasteiger partial charge in [-0.15, -0.1) is 11.3 Å². The van der Waals surface area contributed by atoms with Crippen LogP contribution in [0.1, 0.15) is 49.9 Å². The van der Waals surface area contributed by atoms with Crippen LogP contribution in [-0.2, 0) is 20.4 Å². The van der Waals surface area contributed by atoms with Gasteiger partial charge in [-0.3, -0.25) is 0 Å². The third-order valence-corrected chi connectivity index (χ3v) is 11.8. The smallest absolute Gasteiger partial charge is 0.256 e.